The molecule has 0 fully saturated rings. The van der Waals surface area contributed by atoms with Crippen molar-refractivity contribution in [2.45, 2.75) is 57.3 Å². The quantitative estimate of drug-likeness (QED) is 0.317. The van der Waals surface area contributed by atoms with Crippen molar-refractivity contribution in [2.24, 2.45) is 0 Å². The van der Waals surface area contributed by atoms with Gasteiger partial charge in [0.25, 0.3) is 0 Å². The molecule has 0 bridgehead atoms. The van der Waals surface area contributed by atoms with Crippen LogP contribution in [-0.2, 0) is 34.5 Å². The van der Waals surface area contributed by atoms with Gasteiger partial charge in [0.05, 0.1) is 36.1 Å². The summed E-state index contributed by atoms with van der Waals surface area (Å²) in [4.78, 5) is 27.4. The minimum Gasteiger partial charge on any atom is -0.453 e. The summed E-state index contributed by atoms with van der Waals surface area (Å²) >= 11 is 0. The number of halogens is 9. The third-order valence-corrected chi connectivity index (χ3v) is 6.56. The van der Waals surface area contributed by atoms with Gasteiger partial charge in [-0.1, -0.05) is 6.92 Å². The summed E-state index contributed by atoms with van der Waals surface area (Å²) in [6.07, 6.45) is -16.9. The Hall–Kier alpha value is -3.65. The number of benzene rings is 2. The number of carbonyl (C=O) groups is 2. The highest BCUT2D eigenvalue weighted by molar-refractivity contribution is 5.92. The number of hydrogen-bond donors (Lipinski definition) is 0. The summed E-state index contributed by atoms with van der Waals surface area (Å²) in [6, 6.07) is 2.58. The van der Waals surface area contributed by atoms with Crippen LogP contribution in [-0.4, -0.2) is 43.4 Å². The number of alkyl halides is 9. The van der Waals surface area contributed by atoms with E-state index in [1.54, 1.807) is 6.92 Å². The molecular formula is C26H25F9N2O4. The van der Waals surface area contributed by atoms with Gasteiger partial charge in [-0.25, -0.2) is 9.59 Å². The zero-order chi connectivity index (χ0) is 30.9. The Morgan fingerprint density at radius 3 is 1.88 bits per heavy atom. The maximum absolute atomic E-state index is 13.6. The van der Waals surface area contributed by atoms with Crippen molar-refractivity contribution in [3.05, 3.63) is 64.2 Å². The van der Waals surface area contributed by atoms with E-state index < -0.39 is 78.0 Å². The second kappa shape index (κ2) is 11.7. The lowest BCUT2D eigenvalue weighted by molar-refractivity contribution is -0.143. The van der Waals surface area contributed by atoms with Gasteiger partial charge in [-0.3, -0.25) is 4.90 Å². The second-order valence-corrected chi connectivity index (χ2v) is 9.19. The molecule has 6 nitrogen and oxygen atoms in total. The molecular weight excluding hydrogens is 575 g/mol. The van der Waals surface area contributed by atoms with Crippen LogP contribution in [0, 0.1) is 0 Å². The lowest BCUT2D eigenvalue weighted by atomic mass is 9.91. The van der Waals surface area contributed by atoms with E-state index in [1.165, 1.54) is 6.92 Å². The average Bonchev–Trinajstić information content (AvgIpc) is 3.18. The van der Waals surface area contributed by atoms with Crippen LogP contribution in [0.4, 0.5) is 54.8 Å². The molecule has 0 unspecified atom stereocenters. The van der Waals surface area contributed by atoms with Crippen molar-refractivity contribution in [3.63, 3.8) is 0 Å². The van der Waals surface area contributed by atoms with Crippen molar-refractivity contribution in [1.29, 1.82) is 0 Å². The van der Waals surface area contributed by atoms with Gasteiger partial charge in [0.15, 0.2) is 0 Å². The van der Waals surface area contributed by atoms with Crippen molar-refractivity contribution < 1.29 is 58.6 Å². The molecule has 2 amide bonds. The van der Waals surface area contributed by atoms with E-state index in [1.807, 2.05) is 0 Å². The first-order valence-electron chi connectivity index (χ1n) is 12.2. The fraction of sp³-hybridized carbons (Fsp3) is 0.462. The first-order valence-corrected chi connectivity index (χ1v) is 12.2. The van der Waals surface area contributed by atoms with Crippen LogP contribution in [0.1, 0.15) is 54.0 Å². The monoisotopic (exact) mass is 600 g/mol. The van der Waals surface area contributed by atoms with Crippen LogP contribution in [0.5, 0.6) is 0 Å². The van der Waals surface area contributed by atoms with Crippen molar-refractivity contribution in [3.8, 4) is 0 Å². The Labute approximate surface area is 228 Å². The summed E-state index contributed by atoms with van der Waals surface area (Å²) in [7, 11) is 0.926. The Kier molecular flexibility index (Phi) is 9.08. The van der Waals surface area contributed by atoms with E-state index in [0.29, 0.717) is 12.1 Å². The molecule has 0 aliphatic carbocycles. The van der Waals surface area contributed by atoms with Crippen LogP contribution < -0.4 is 4.90 Å². The van der Waals surface area contributed by atoms with Gasteiger partial charge in [0, 0.05) is 25.0 Å². The minimum atomic E-state index is -5.14. The number of anilines is 1. The van der Waals surface area contributed by atoms with Crippen LogP contribution in [0.25, 0.3) is 0 Å². The smallest absolute Gasteiger partial charge is 0.416 e. The van der Waals surface area contributed by atoms with E-state index >= 15 is 0 Å². The summed E-state index contributed by atoms with van der Waals surface area (Å²) in [5, 5.41) is 0. The molecule has 1 heterocycles. The molecule has 0 saturated heterocycles. The number of rotatable bonds is 6. The summed E-state index contributed by atoms with van der Waals surface area (Å²) in [6.45, 7) is 1.76. The SMILES string of the molecule is CCOC(=O)N1c2ccc(C(F)(F)F)cc2[C@H](CN(Cc2cc(C(F)(F)F)cc(C(F)(F)F)c2)C(=O)OC)[C@H]1CC. The van der Waals surface area contributed by atoms with Gasteiger partial charge in [-0.2, -0.15) is 39.5 Å². The van der Waals surface area contributed by atoms with E-state index in [9.17, 15) is 49.1 Å². The molecule has 2 aromatic carbocycles. The van der Waals surface area contributed by atoms with Crippen LogP contribution in [0.2, 0.25) is 0 Å². The Morgan fingerprint density at radius 1 is 0.854 bits per heavy atom. The standard InChI is InChI=1S/C26H25F9N2O4/c1-4-20-19(18-11-15(24(27,28)29)6-7-21(18)37(20)23(39)41-5-2)13-36(22(38)40-3)12-14-8-16(25(30,31)32)10-17(9-14)26(33,34)35/h6-11,19-20H,4-5,12-13H2,1-3H3/t19-,20+/m0/s1. The van der Waals surface area contributed by atoms with Crippen LogP contribution in [0.3, 0.4) is 0 Å². The fourth-order valence-corrected chi connectivity index (χ4v) is 4.83. The molecule has 3 rings (SSSR count). The maximum Gasteiger partial charge on any atom is 0.416 e. The predicted octanol–water partition coefficient (Wildman–Crippen LogP) is 7.85. The van der Waals surface area contributed by atoms with Gasteiger partial charge in [-0.15, -0.1) is 0 Å². The first kappa shape index (κ1) is 31.9. The third kappa shape index (κ3) is 6.99. The summed E-state index contributed by atoms with van der Waals surface area (Å²) < 4.78 is 131. The zero-order valence-electron chi connectivity index (χ0n) is 21.9. The van der Waals surface area contributed by atoms with E-state index in [-0.39, 0.29) is 30.3 Å². The van der Waals surface area contributed by atoms with Crippen molar-refractivity contribution in [1.82, 2.24) is 4.90 Å². The second-order valence-electron chi connectivity index (χ2n) is 9.19. The maximum atomic E-state index is 13.6. The highest BCUT2D eigenvalue weighted by atomic mass is 19.4. The predicted molar refractivity (Wildman–Crippen MR) is 127 cm³/mol. The third-order valence-electron chi connectivity index (χ3n) is 6.56. The molecule has 0 spiro atoms. The van der Waals surface area contributed by atoms with Crippen molar-refractivity contribution >= 4 is 17.9 Å². The molecule has 0 aromatic heterocycles. The molecule has 41 heavy (non-hydrogen) atoms. The molecule has 0 N–H and O–H groups in total. The molecule has 2 atom stereocenters. The van der Waals surface area contributed by atoms with Gasteiger partial charge in [0.2, 0.25) is 0 Å². The Bertz CT molecular complexity index is 1240. The molecule has 1 aliphatic heterocycles. The topological polar surface area (TPSA) is 59.1 Å². The molecule has 0 radical (unpaired) electrons. The van der Waals surface area contributed by atoms with Crippen molar-refractivity contribution in [2.75, 3.05) is 25.2 Å². The normalized spacial score (nSPS) is 17.3. The number of hydrogen-bond acceptors (Lipinski definition) is 4. The Balaban J connectivity index is 2.11. The average molecular weight is 600 g/mol. The number of ether oxygens (including phenoxy) is 2. The van der Waals surface area contributed by atoms with Gasteiger partial charge < -0.3 is 14.4 Å². The summed E-state index contributed by atoms with van der Waals surface area (Å²) in [5.41, 5.74) is -4.75. The number of nitrogens with zero attached hydrogens (tertiary/aromatic N) is 2. The van der Waals surface area contributed by atoms with Gasteiger partial charge in [0.1, 0.15) is 0 Å². The minimum absolute atomic E-state index is 0.00588. The lowest BCUT2D eigenvalue weighted by Crippen LogP contribution is -2.43. The van der Waals surface area contributed by atoms with Crippen LogP contribution >= 0.6 is 0 Å². The number of amides is 2. The summed E-state index contributed by atoms with van der Waals surface area (Å²) in [5.74, 6) is -1.03. The zero-order valence-corrected chi connectivity index (χ0v) is 21.9. The molecule has 0 saturated carbocycles. The number of fused-ring (bicyclic) bond motifs is 1. The van der Waals surface area contributed by atoms with Gasteiger partial charge in [-0.05, 0) is 60.9 Å². The van der Waals surface area contributed by atoms with Gasteiger partial charge >= 0.3 is 30.7 Å². The Morgan fingerprint density at radius 2 is 1.41 bits per heavy atom. The van der Waals surface area contributed by atoms with Crippen LogP contribution in [0.15, 0.2) is 36.4 Å². The molecule has 15 heteroatoms. The van der Waals surface area contributed by atoms with E-state index in [0.717, 1.165) is 35.1 Å². The molecule has 226 valence electrons. The fourth-order valence-electron chi connectivity index (χ4n) is 4.83. The highest BCUT2D eigenvalue weighted by Gasteiger charge is 2.45. The number of carbonyl (C=O) groups excluding carboxylic acids is 2. The molecule has 2 aromatic rings. The number of methoxy groups -OCH3 is 1. The van der Waals surface area contributed by atoms with E-state index in [2.05, 4.69) is 0 Å². The highest BCUT2D eigenvalue weighted by Crippen LogP contribution is 2.46. The lowest BCUT2D eigenvalue weighted by Gasteiger charge is -2.31. The van der Waals surface area contributed by atoms with E-state index in [4.69, 9.17) is 9.47 Å². The molecule has 1 aliphatic rings. The first-order chi connectivity index (χ1) is 18.9. The largest absolute Gasteiger partial charge is 0.453 e.